The Labute approximate surface area is 89.0 Å². The number of nitrogens with zero attached hydrogens (tertiary/aromatic N) is 1. The zero-order chi connectivity index (χ0) is 10.2. The van der Waals surface area contributed by atoms with Gasteiger partial charge in [-0.1, -0.05) is 6.07 Å². The summed E-state index contributed by atoms with van der Waals surface area (Å²) in [7, 11) is 1.51. The fraction of sp³-hybridized carbons (Fsp3) is 0. The molecule has 0 spiro atoms. The second-order valence-electron chi connectivity index (χ2n) is 2.52. The Balaban J connectivity index is 2.62. The van der Waals surface area contributed by atoms with E-state index < -0.39 is 9.05 Å². The monoisotopic (exact) mass is 248 g/mol. The van der Waals surface area contributed by atoms with Crippen LogP contribution in [0.1, 0.15) is 0 Å². The van der Waals surface area contributed by atoms with Crippen molar-refractivity contribution in [3.8, 4) is 10.6 Å². The first-order chi connectivity index (χ1) is 6.59. The van der Waals surface area contributed by atoms with Gasteiger partial charge in [-0.05, 0) is 11.4 Å². The summed E-state index contributed by atoms with van der Waals surface area (Å²) in [5.74, 6) is 0. The first kappa shape index (κ1) is 9.70. The molecule has 0 atom stereocenters. The molecule has 0 radical (unpaired) electrons. The third-order valence-electron chi connectivity index (χ3n) is 1.63. The lowest BCUT2D eigenvalue weighted by Crippen LogP contribution is -1.90. The molecule has 0 unspecified atom stereocenters. The van der Waals surface area contributed by atoms with Gasteiger partial charge in [0.2, 0.25) is 0 Å². The van der Waals surface area contributed by atoms with E-state index >= 15 is 0 Å². The summed E-state index contributed by atoms with van der Waals surface area (Å²) in [4.78, 5) is 0.809. The largest absolute Gasteiger partial charge is 0.276 e. The third-order valence-corrected chi connectivity index (χ3v) is 3.86. The summed E-state index contributed by atoms with van der Waals surface area (Å²) in [5.41, 5.74) is 0.440. The normalized spacial score (nSPS) is 11.8. The van der Waals surface area contributed by atoms with Gasteiger partial charge in [-0.3, -0.25) is 5.10 Å². The fourth-order valence-electron chi connectivity index (χ4n) is 1.06. The molecular formula is C7H5ClN2O2S2. The van der Waals surface area contributed by atoms with Crippen LogP contribution in [0.15, 0.2) is 28.6 Å². The maximum Gasteiger partial charge on any atom is 0.265 e. The third kappa shape index (κ3) is 1.68. The SMILES string of the molecule is O=S(=O)(Cl)c1cn[nH]c1-c1cccs1. The molecule has 0 aliphatic rings. The number of hydrogen-bond acceptors (Lipinski definition) is 4. The number of hydrogen-bond donors (Lipinski definition) is 1. The minimum atomic E-state index is -3.73. The Morgan fingerprint density at radius 3 is 2.86 bits per heavy atom. The van der Waals surface area contributed by atoms with Crippen LogP contribution in [0, 0.1) is 0 Å². The first-order valence-electron chi connectivity index (χ1n) is 3.61. The summed E-state index contributed by atoms with van der Waals surface area (Å²) in [6.45, 7) is 0. The van der Waals surface area contributed by atoms with Gasteiger partial charge >= 0.3 is 0 Å². The van der Waals surface area contributed by atoms with Gasteiger partial charge in [0.15, 0.2) is 0 Å². The van der Waals surface area contributed by atoms with E-state index in [0.717, 1.165) is 4.88 Å². The molecule has 0 amide bonds. The highest BCUT2D eigenvalue weighted by Crippen LogP contribution is 2.30. The van der Waals surface area contributed by atoms with Crippen LogP contribution in [0.4, 0.5) is 0 Å². The van der Waals surface area contributed by atoms with Gasteiger partial charge in [-0.2, -0.15) is 5.10 Å². The number of rotatable bonds is 2. The van der Waals surface area contributed by atoms with E-state index in [1.54, 1.807) is 6.07 Å². The molecule has 14 heavy (non-hydrogen) atoms. The Kier molecular flexibility index (Phi) is 2.34. The van der Waals surface area contributed by atoms with Crippen molar-refractivity contribution >= 4 is 31.1 Å². The maximum atomic E-state index is 11.1. The van der Waals surface area contributed by atoms with E-state index in [4.69, 9.17) is 10.7 Å². The van der Waals surface area contributed by atoms with Crippen LogP contribution in [-0.2, 0) is 9.05 Å². The second-order valence-corrected chi connectivity index (χ2v) is 6.01. The lowest BCUT2D eigenvalue weighted by atomic mass is 10.3. The fourth-order valence-corrected chi connectivity index (χ4v) is 2.79. The quantitative estimate of drug-likeness (QED) is 0.828. The lowest BCUT2D eigenvalue weighted by molar-refractivity contribution is 0.610. The van der Waals surface area contributed by atoms with E-state index in [-0.39, 0.29) is 4.90 Å². The molecule has 0 saturated heterocycles. The Hall–Kier alpha value is -0.850. The van der Waals surface area contributed by atoms with Crippen LogP contribution < -0.4 is 0 Å². The number of halogens is 1. The first-order valence-corrected chi connectivity index (χ1v) is 6.80. The topological polar surface area (TPSA) is 62.8 Å². The van der Waals surface area contributed by atoms with E-state index in [1.807, 2.05) is 11.4 Å². The van der Waals surface area contributed by atoms with Crippen LogP contribution in [-0.4, -0.2) is 18.6 Å². The van der Waals surface area contributed by atoms with Crippen LogP contribution in [0.25, 0.3) is 10.6 Å². The predicted molar refractivity (Wildman–Crippen MR) is 54.9 cm³/mol. The van der Waals surface area contributed by atoms with Crippen molar-refractivity contribution in [2.24, 2.45) is 0 Å². The smallest absolute Gasteiger partial charge is 0.265 e. The number of aromatic amines is 1. The molecule has 2 aromatic rings. The van der Waals surface area contributed by atoms with E-state index in [2.05, 4.69) is 10.2 Å². The van der Waals surface area contributed by atoms with Gasteiger partial charge in [0.1, 0.15) is 4.90 Å². The van der Waals surface area contributed by atoms with Crippen molar-refractivity contribution in [1.82, 2.24) is 10.2 Å². The van der Waals surface area contributed by atoms with Crippen LogP contribution >= 0.6 is 22.0 Å². The predicted octanol–water partition coefficient (Wildman–Crippen LogP) is 2.07. The molecule has 74 valence electrons. The van der Waals surface area contributed by atoms with Gasteiger partial charge in [0.05, 0.1) is 16.8 Å². The van der Waals surface area contributed by atoms with E-state index in [9.17, 15) is 8.42 Å². The van der Waals surface area contributed by atoms with Crippen molar-refractivity contribution < 1.29 is 8.42 Å². The van der Waals surface area contributed by atoms with Gasteiger partial charge in [0, 0.05) is 10.7 Å². The van der Waals surface area contributed by atoms with Crippen LogP contribution in [0.3, 0.4) is 0 Å². The number of aromatic nitrogens is 2. The van der Waals surface area contributed by atoms with Crippen molar-refractivity contribution in [3.63, 3.8) is 0 Å². The minimum absolute atomic E-state index is 0.0154. The van der Waals surface area contributed by atoms with Gasteiger partial charge in [-0.15, -0.1) is 11.3 Å². The molecule has 4 nitrogen and oxygen atoms in total. The molecule has 0 saturated carbocycles. The molecule has 0 aliphatic carbocycles. The number of H-pyrrole nitrogens is 1. The highest BCUT2D eigenvalue weighted by molar-refractivity contribution is 8.13. The van der Waals surface area contributed by atoms with Gasteiger partial charge < -0.3 is 0 Å². The lowest BCUT2D eigenvalue weighted by Gasteiger charge is -1.94. The molecule has 2 heterocycles. The summed E-state index contributed by atoms with van der Waals surface area (Å²) >= 11 is 1.42. The Morgan fingerprint density at radius 1 is 1.50 bits per heavy atom. The number of nitrogens with one attached hydrogen (secondary N) is 1. The average molecular weight is 249 g/mol. The number of thiophene rings is 1. The summed E-state index contributed by atoms with van der Waals surface area (Å²) < 4.78 is 22.2. The maximum absolute atomic E-state index is 11.1. The summed E-state index contributed by atoms with van der Waals surface area (Å²) in [5, 5.41) is 8.12. The summed E-state index contributed by atoms with van der Waals surface area (Å²) in [6.07, 6.45) is 1.21. The van der Waals surface area contributed by atoms with Crippen LogP contribution in [0.5, 0.6) is 0 Å². The average Bonchev–Trinajstić information content (AvgIpc) is 2.73. The van der Waals surface area contributed by atoms with Crippen molar-refractivity contribution in [2.75, 3.05) is 0 Å². The molecule has 0 aromatic carbocycles. The van der Waals surface area contributed by atoms with E-state index in [0.29, 0.717) is 5.69 Å². The second kappa shape index (κ2) is 3.38. The van der Waals surface area contributed by atoms with Crippen molar-refractivity contribution in [2.45, 2.75) is 4.90 Å². The zero-order valence-electron chi connectivity index (χ0n) is 6.77. The standard InChI is InChI=1S/C7H5ClN2O2S2/c8-14(11,12)6-4-9-10-7(6)5-2-1-3-13-5/h1-4H,(H,9,10). The van der Waals surface area contributed by atoms with Crippen molar-refractivity contribution in [3.05, 3.63) is 23.7 Å². The Morgan fingerprint density at radius 2 is 2.29 bits per heavy atom. The zero-order valence-corrected chi connectivity index (χ0v) is 9.16. The summed E-state index contributed by atoms with van der Waals surface area (Å²) in [6, 6.07) is 3.62. The molecule has 2 aromatic heterocycles. The molecule has 7 heteroatoms. The minimum Gasteiger partial charge on any atom is -0.276 e. The highest BCUT2D eigenvalue weighted by atomic mass is 35.7. The molecule has 0 bridgehead atoms. The molecule has 0 fully saturated rings. The van der Waals surface area contributed by atoms with Gasteiger partial charge in [0.25, 0.3) is 9.05 Å². The van der Waals surface area contributed by atoms with Crippen molar-refractivity contribution in [1.29, 1.82) is 0 Å². The van der Waals surface area contributed by atoms with Gasteiger partial charge in [-0.25, -0.2) is 8.42 Å². The molecular weight excluding hydrogens is 244 g/mol. The molecule has 1 N–H and O–H groups in total. The van der Waals surface area contributed by atoms with E-state index in [1.165, 1.54) is 17.5 Å². The Bertz CT molecular complexity index is 530. The molecule has 2 rings (SSSR count). The highest BCUT2D eigenvalue weighted by Gasteiger charge is 2.19. The van der Waals surface area contributed by atoms with Crippen LogP contribution in [0.2, 0.25) is 0 Å². The molecule has 0 aliphatic heterocycles.